The molecule has 13 heteroatoms. The van der Waals surface area contributed by atoms with Gasteiger partial charge in [-0.15, -0.1) is 0 Å². The number of carbonyl (C=O) groups is 3. The van der Waals surface area contributed by atoms with Crippen molar-refractivity contribution in [1.29, 1.82) is 0 Å². The first-order valence-electron chi connectivity index (χ1n) is 13.2. The van der Waals surface area contributed by atoms with E-state index in [0.717, 1.165) is 17.0 Å². The summed E-state index contributed by atoms with van der Waals surface area (Å²) in [5.74, 6) is -3.58. The molecule has 0 spiro atoms. The molecule has 0 aromatic heterocycles. The minimum absolute atomic E-state index is 0.0541. The Morgan fingerprint density at radius 3 is 2.49 bits per heavy atom. The van der Waals surface area contributed by atoms with Crippen LogP contribution < -0.4 is 20.2 Å². The van der Waals surface area contributed by atoms with E-state index in [1.54, 1.807) is 49.4 Å². The van der Waals surface area contributed by atoms with Crippen LogP contribution in [0.25, 0.3) is 0 Å². The van der Waals surface area contributed by atoms with Gasteiger partial charge in [-0.3, -0.25) is 14.5 Å². The molecule has 10 nitrogen and oxygen atoms in total. The molecule has 3 aromatic rings. The summed E-state index contributed by atoms with van der Waals surface area (Å²) in [6.07, 6.45) is 0.0325. The molecule has 0 unspecified atom stereocenters. The molecule has 1 aliphatic heterocycles. The molecule has 2 atom stereocenters. The Labute approximate surface area is 251 Å². The highest BCUT2D eigenvalue weighted by molar-refractivity contribution is 6.30. The number of oxime groups is 1. The van der Waals surface area contributed by atoms with Crippen LogP contribution in [0.2, 0.25) is 5.02 Å². The lowest BCUT2D eigenvalue weighted by Gasteiger charge is -2.25. The summed E-state index contributed by atoms with van der Waals surface area (Å²) in [6.45, 7) is 1.45. The Morgan fingerprint density at radius 1 is 1.14 bits per heavy atom. The van der Waals surface area contributed by atoms with Gasteiger partial charge in [-0.2, -0.15) is 0 Å². The van der Waals surface area contributed by atoms with Gasteiger partial charge >= 0.3 is 12.0 Å². The zero-order valence-electron chi connectivity index (χ0n) is 23.3. The zero-order chi connectivity index (χ0) is 31.1. The van der Waals surface area contributed by atoms with Gasteiger partial charge in [-0.1, -0.05) is 41.0 Å². The average Bonchev–Trinajstić information content (AvgIpc) is 3.10. The summed E-state index contributed by atoms with van der Waals surface area (Å²) < 4.78 is 32.7. The molecular weight excluding hydrogens is 586 g/mol. The molecule has 0 bridgehead atoms. The van der Waals surface area contributed by atoms with E-state index < -0.39 is 41.5 Å². The molecular formula is C30H29ClF2N4O6. The predicted octanol–water partition coefficient (Wildman–Crippen LogP) is 4.71. The molecule has 0 saturated carbocycles. The van der Waals surface area contributed by atoms with E-state index in [9.17, 15) is 23.2 Å². The van der Waals surface area contributed by atoms with E-state index >= 15 is 0 Å². The van der Waals surface area contributed by atoms with Crippen LogP contribution in [0.3, 0.4) is 0 Å². The highest BCUT2D eigenvalue weighted by Crippen LogP contribution is 2.27. The lowest BCUT2D eigenvalue weighted by Crippen LogP contribution is -2.48. The van der Waals surface area contributed by atoms with Gasteiger partial charge in [0, 0.05) is 29.8 Å². The normalized spacial score (nSPS) is 16.7. The number of imide groups is 1. The number of carbonyl (C=O) groups excluding carboxylic acids is 2. The molecule has 0 aliphatic carbocycles. The van der Waals surface area contributed by atoms with Crippen molar-refractivity contribution in [2.24, 2.45) is 11.1 Å². The van der Waals surface area contributed by atoms with Crippen molar-refractivity contribution in [3.8, 4) is 11.5 Å². The maximum Gasteiger partial charge on any atom is 0.325 e. The van der Waals surface area contributed by atoms with E-state index in [-0.39, 0.29) is 37.5 Å². The fourth-order valence-corrected chi connectivity index (χ4v) is 4.73. The lowest BCUT2D eigenvalue weighted by atomic mass is 9.97. The predicted molar refractivity (Wildman–Crippen MR) is 154 cm³/mol. The van der Waals surface area contributed by atoms with E-state index in [1.807, 2.05) is 0 Å². The van der Waals surface area contributed by atoms with Gasteiger partial charge < -0.3 is 25.3 Å². The van der Waals surface area contributed by atoms with Crippen molar-refractivity contribution in [3.05, 3.63) is 94.0 Å². The fourth-order valence-electron chi connectivity index (χ4n) is 4.53. The Balaban J connectivity index is 1.58. The first-order chi connectivity index (χ1) is 20.5. The molecule has 4 rings (SSSR count). The van der Waals surface area contributed by atoms with E-state index in [2.05, 4.69) is 15.8 Å². The first-order valence-corrected chi connectivity index (χ1v) is 13.6. The van der Waals surface area contributed by atoms with Gasteiger partial charge in [0.25, 0.3) is 0 Å². The Morgan fingerprint density at radius 2 is 1.84 bits per heavy atom. The van der Waals surface area contributed by atoms with Crippen molar-refractivity contribution in [2.45, 2.75) is 25.8 Å². The van der Waals surface area contributed by atoms with E-state index in [4.69, 9.17) is 26.3 Å². The van der Waals surface area contributed by atoms with Crippen LogP contribution in [0.5, 0.6) is 11.5 Å². The summed E-state index contributed by atoms with van der Waals surface area (Å²) in [5, 5.41) is 19.2. The standard InChI is InChI=1S/C30H29ClF2N4O6/c1-17(19-5-3-18(4-6-19)9-28(38)39)35-30(41)37-16-27(36-43-25-13-23(32)12-24(33)14-25)34-15-21(29(37)40)10-20-11-22(31)7-8-26(20)42-2/h3-8,11-14,17,21H,9-10,15-16H2,1-2H3,(H,34,36)(H,35,41)(H,38,39)/t17-,21-/m1/s1. The first kappa shape index (κ1) is 31.2. The summed E-state index contributed by atoms with van der Waals surface area (Å²) in [6, 6.07) is 13.0. The third kappa shape index (κ3) is 8.41. The number of ether oxygens (including phenoxy) is 1. The summed E-state index contributed by atoms with van der Waals surface area (Å²) in [4.78, 5) is 44.4. The van der Waals surface area contributed by atoms with E-state index in [0.29, 0.717) is 33.5 Å². The van der Waals surface area contributed by atoms with Gasteiger partial charge in [0.15, 0.2) is 11.6 Å². The van der Waals surface area contributed by atoms with Gasteiger partial charge in [-0.05, 0) is 48.2 Å². The number of nitrogens with one attached hydrogen (secondary N) is 2. The number of urea groups is 1. The van der Waals surface area contributed by atoms with Crippen molar-refractivity contribution in [3.63, 3.8) is 0 Å². The van der Waals surface area contributed by atoms with Crippen LogP contribution in [0, 0.1) is 17.6 Å². The second kappa shape index (κ2) is 14.0. The molecule has 3 amide bonds. The van der Waals surface area contributed by atoms with Crippen LogP contribution in [0.4, 0.5) is 13.6 Å². The summed E-state index contributed by atoms with van der Waals surface area (Å²) >= 11 is 6.19. The molecule has 3 N–H and O–H groups in total. The van der Waals surface area contributed by atoms with Crippen LogP contribution >= 0.6 is 11.6 Å². The summed E-state index contributed by atoms with van der Waals surface area (Å²) in [7, 11) is 1.49. The number of benzene rings is 3. The average molecular weight is 615 g/mol. The van der Waals surface area contributed by atoms with Gasteiger partial charge in [-0.25, -0.2) is 13.6 Å². The minimum atomic E-state index is -0.962. The fraction of sp³-hybridized carbons (Fsp3) is 0.267. The number of amides is 3. The number of methoxy groups -OCH3 is 1. The maximum atomic E-state index is 13.8. The SMILES string of the molecule is COc1ccc(Cl)cc1C[C@@H]1CN/C(=N\Oc2cc(F)cc(F)c2)CN(C(=O)N[C@H](C)c2ccc(CC(=O)O)cc2)C1=O. The Bertz CT molecular complexity index is 1520. The van der Waals surface area contributed by atoms with Crippen molar-refractivity contribution in [2.75, 3.05) is 20.2 Å². The monoisotopic (exact) mass is 614 g/mol. The van der Waals surface area contributed by atoms with E-state index in [1.165, 1.54) is 7.11 Å². The number of hydrogen-bond acceptors (Lipinski definition) is 6. The molecule has 1 fully saturated rings. The molecule has 1 aliphatic rings. The highest BCUT2D eigenvalue weighted by atomic mass is 35.5. The maximum absolute atomic E-state index is 13.8. The third-order valence-corrected chi connectivity index (χ3v) is 6.94. The number of nitrogens with zero attached hydrogens (tertiary/aromatic N) is 2. The Hall–Kier alpha value is -4.71. The molecule has 1 saturated heterocycles. The van der Waals surface area contributed by atoms with Gasteiger partial charge in [0.1, 0.15) is 17.4 Å². The van der Waals surface area contributed by atoms with Crippen LogP contribution in [0.15, 0.2) is 65.8 Å². The second-order valence-electron chi connectivity index (χ2n) is 9.88. The number of carboxylic acids is 1. The molecule has 1 heterocycles. The quantitative estimate of drug-likeness (QED) is 0.298. The van der Waals surface area contributed by atoms with Gasteiger partial charge in [0.2, 0.25) is 5.91 Å². The smallest absolute Gasteiger partial charge is 0.325 e. The molecule has 0 radical (unpaired) electrons. The topological polar surface area (TPSA) is 130 Å². The zero-order valence-corrected chi connectivity index (χ0v) is 24.0. The third-order valence-electron chi connectivity index (χ3n) is 6.70. The molecule has 226 valence electrons. The highest BCUT2D eigenvalue weighted by Gasteiger charge is 2.34. The molecule has 43 heavy (non-hydrogen) atoms. The Kier molecular flexibility index (Phi) is 10.1. The largest absolute Gasteiger partial charge is 0.496 e. The van der Waals surface area contributed by atoms with Crippen molar-refractivity contribution >= 4 is 35.3 Å². The second-order valence-corrected chi connectivity index (χ2v) is 10.3. The lowest BCUT2D eigenvalue weighted by molar-refractivity contribution is -0.136. The number of amidine groups is 1. The summed E-state index contributed by atoms with van der Waals surface area (Å²) in [5.41, 5.74) is 1.94. The van der Waals surface area contributed by atoms with Crippen LogP contribution in [-0.2, 0) is 22.4 Å². The van der Waals surface area contributed by atoms with Crippen molar-refractivity contribution < 1.29 is 37.8 Å². The molecule has 3 aromatic carbocycles. The number of carboxylic acid groups (broad SMARTS) is 1. The number of hydrogen-bond donors (Lipinski definition) is 3. The van der Waals surface area contributed by atoms with Crippen LogP contribution in [-0.4, -0.2) is 53.9 Å². The number of rotatable bonds is 9. The number of halogens is 3. The minimum Gasteiger partial charge on any atom is -0.496 e. The van der Waals surface area contributed by atoms with Crippen molar-refractivity contribution in [1.82, 2.24) is 15.5 Å². The van der Waals surface area contributed by atoms with Gasteiger partial charge in [0.05, 0.1) is 32.0 Å². The van der Waals surface area contributed by atoms with Crippen LogP contribution in [0.1, 0.15) is 29.7 Å². The number of aliphatic carboxylic acids is 1.